The highest BCUT2D eigenvalue weighted by Gasteiger charge is 2.17. The summed E-state index contributed by atoms with van der Waals surface area (Å²) in [4.78, 5) is 28.3. The van der Waals surface area contributed by atoms with E-state index in [-0.39, 0.29) is 17.2 Å². The number of nitrogens with two attached hydrogens (primary N) is 1. The van der Waals surface area contributed by atoms with Crippen LogP contribution in [0.15, 0.2) is 47.4 Å². The monoisotopic (exact) mass is 409 g/mol. The van der Waals surface area contributed by atoms with E-state index < -0.39 is 0 Å². The maximum absolute atomic E-state index is 13.0. The number of esters is 1. The number of pyridine rings is 2. The second-order valence-corrected chi connectivity index (χ2v) is 7.04. The quantitative estimate of drug-likeness (QED) is 0.427. The SMILES string of the molecule is CCCCn1c(=O)c(N)c(-c2cccc(OCCCOC(C)=O)c2)c2cccnc21. The second kappa shape index (κ2) is 9.91. The van der Waals surface area contributed by atoms with Crippen LogP contribution in [-0.2, 0) is 16.1 Å². The van der Waals surface area contributed by atoms with E-state index in [0.717, 1.165) is 23.8 Å². The van der Waals surface area contributed by atoms with Crippen LogP contribution in [0.2, 0.25) is 0 Å². The zero-order chi connectivity index (χ0) is 21.5. The van der Waals surface area contributed by atoms with Crippen LogP contribution in [0.3, 0.4) is 0 Å². The molecule has 3 rings (SSSR count). The molecular formula is C23H27N3O4. The molecule has 0 aliphatic carbocycles. The lowest BCUT2D eigenvalue weighted by molar-refractivity contribution is -0.141. The molecule has 0 amide bonds. The first-order valence-corrected chi connectivity index (χ1v) is 10.2. The fraction of sp³-hybridized carbons (Fsp3) is 0.348. The number of nitrogens with zero attached hydrogens (tertiary/aromatic N) is 2. The van der Waals surface area contributed by atoms with Gasteiger partial charge in [-0.05, 0) is 36.2 Å². The molecule has 1 aromatic carbocycles. The average molecular weight is 409 g/mol. The van der Waals surface area contributed by atoms with Gasteiger partial charge in [-0.25, -0.2) is 4.98 Å². The Kier molecular flexibility index (Phi) is 7.06. The molecule has 0 saturated carbocycles. The van der Waals surface area contributed by atoms with Crippen molar-refractivity contribution in [3.8, 4) is 16.9 Å². The number of aromatic nitrogens is 2. The third-order valence-electron chi connectivity index (χ3n) is 4.78. The van der Waals surface area contributed by atoms with Crippen molar-refractivity contribution in [1.29, 1.82) is 0 Å². The van der Waals surface area contributed by atoms with Gasteiger partial charge in [0.2, 0.25) is 0 Å². The van der Waals surface area contributed by atoms with Gasteiger partial charge in [0.1, 0.15) is 17.1 Å². The van der Waals surface area contributed by atoms with Crippen molar-refractivity contribution < 1.29 is 14.3 Å². The highest BCUT2D eigenvalue weighted by atomic mass is 16.5. The van der Waals surface area contributed by atoms with E-state index in [0.29, 0.717) is 43.1 Å². The minimum Gasteiger partial charge on any atom is -0.493 e. The van der Waals surface area contributed by atoms with E-state index in [4.69, 9.17) is 15.2 Å². The Hall–Kier alpha value is -3.35. The summed E-state index contributed by atoms with van der Waals surface area (Å²) in [6.07, 6.45) is 4.12. The lowest BCUT2D eigenvalue weighted by atomic mass is 10.0. The molecule has 2 N–H and O–H groups in total. The van der Waals surface area contributed by atoms with Gasteiger partial charge in [0.05, 0.1) is 13.2 Å². The second-order valence-electron chi connectivity index (χ2n) is 7.04. The normalized spacial score (nSPS) is 10.9. The van der Waals surface area contributed by atoms with Gasteiger partial charge in [-0.3, -0.25) is 14.2 Å². The topological polar surface area (TPSA) is 96.4 Å². The summed E-state index contributed by atoms with van der Waals surface area (Å²) in [5, 5.41) is 0.831. The van der Waals surface area contributed by atoms with Crippen molar-refractivity contribution in [2.75, 3.05) is 18.9 Å². The number of unbranched alkanes of at least 4 members (excludes halogenated alkanes) is 1. The van der Waals surface area contributed by atoms with Gasteiger partial charge in [-0.1, -0.05) is 25.5 Å². The summed E-state index contributed by atoms with van der Waals surface area (Å²) in [5.74, 6) is 0.351. The van der Waals surface area contributed by atoms with E-state index in [9.17, 15) is 9.59 Å². The number of hydrogen-bond donors (Lipinski definition) is 1. The molecule has 0 aliphatic heterocycles. The Morgan fingerprint density at radius 1 is 1.17 bits per heavy atom. The zero-order valence-electron chi connectivity index (χ0n) is 17.4. The van der Waals surface area contributed by atoms with E-state index in [1.807, 2.05) is 36.4 Å². The van der Waals surface area contributed by atoms with Gasteiger partial charge in [-0.2, -0.15) is 0 Å². The number of benzene rings is 1. The number of carbonyl (C=O) groups excluding carboxylic acids is 1. The van der Waals surface area contributed by atoms with Crippen LogP contribution in [0.5, 0.6) is 5.75 Å². The molecule has 0 fully saturated rings. The van der Waals surface area contributed by atoms with Crippen LogP contribution in [0.4, 0.5) is 5.69 Å². The number of carbonyl (C=O) groups is 1. The van der Waals surface area contributed by atoms with Crippen molar-refractivity contribution in [3.63, 3.8) is 0 Å². The number of hydrogen-bond acceptors (Lipinski definition) is 6. The van der Waals surface area contributed by atoms with Crippen molar-refractivity contribution in [2.24, 2.45) is 0 Å². The molecule has 7 heteroatoms. The molecule has 0 radical (unpaired) electrons. The van der Waals surface area contributed by atoms with Gasteiger partial charge >= 0.3 is 5.97 Å². The first-order chi connectivity index (χ1) is 14.5. The molecule has 0 saturated heterocycles. The summed E-state index contributed by atoms with van der Waals surface area (Å²) >= 11 is 0. The van der Waals surface area contributed by atoms with Crippen LogP contribution >= 0.6 is 0 Å². The average Bonchev–Trinajstić information content (AvgIpc) is 2.74. The molecule has 3 aromatic rings. The largest absolute Gasteiger partial charge is 0.493 e. The molecular weight excluding hydrogens is 382 g/mol. The van der Waals surface area contributed by atoms with Crippen molar-refractivity contribution in [1.82, 2.24) is 9.55 Å². The van der Waals surface area contributed by atoms with E-state index in [1.165, 1.54) is 6.92 Å². The molecule has 2 heterocycles. The van der Waals surface area contributed by atoms with E-state index in [2.05, 4.69) is 11.9 Å². The molecule has 7 nitrogen and oxygen atoms in total. The van der Waals surface area contributed by atoms with Crippen LogP contribution in [0.1, 0.15) is 33.1 Å². The van der Waals surface area contributed by atoms with Crippen molar-refractivity contribution in [2.45, 2.75) is 39.7 Å². The minimum atomic E-state index is -0.304. The Morgan fingerprint density at radius 2 is 2.00 bits per heavy atom. The number of ether oxygens (including phenoxy) is 2. The number of nitrogen functional groups attached to an aromatic ring is 1. The number of aryl methyl sites for hydroxylation is 1. The van der Waals surface area contributed by atoms with Gasteiger partial charge < -0.3 is 15.2 Å². The van der Waals surface area contributed by atoms with Gasteiger partial charge in [-0.15, -0.1) is 0 Å². The molecule has 0 aliphatic rings. The third kappa shape index (κ3) is 4.79. The fourth-order valence-electron chi connectivity index (χ4n) is 3.34. The smallest absolute Gasteiger partial charge is 0.302 e. The van der Waals surface area contributed by atoms with Crippen LogP contribution in [0.25, 0.3) is 22.2 Å². The standard InChI is InChI=1S/C23H27N3O4/c1-3-4-12-26-22-19(10-6-11-25-22)20(21(24)23(26)28)17-8-5-9-18(15-17)30-14-7-13-29-16(2)27/h5-6,8-11,15H,3-4,7,12-14,24H2,1-2H3. The van der Waals surface area contributed by atoms with Gasteiger partial charge in [0, 0.05) is 37.0 Å². The molecule has 0 spiro atoms. The number of rotatable bonds is 9. The number of fused-ring (bicyclic) bond motifs is 1. The fourth-order valence-corrected chi connectivity index (χ4v) is 3.34. The van der Waals surface area contributed by atoms with Crippen LogP contribution < -0.4 is 16.0 Å². The minimum absolute atomic E-state index is 0.207. The summed E-state index contributed by atoms with van der Waals surface area (Å²) in [6.45, 7) is 4.76. The summed E-state index contributed by atoms with van der Waals surface area (Å²) < 4.78 is 12.3. The maximum atomic E-state index is 13.0. The predicted octanol–water partition coefficient (Wildman–Crippen LogP) is 3.78. The summed E-state index contributed by atoms with van der Waals surface area (Å²) in [6, 6.07) is 11.2. The Bertz CT molecular complexity index is 1090. The van der Waals surface area contributed by atoms with E-state index in [1.54, 1.807) is 10.8 Å². The Morgan fingerprint density at radius 3 is 2.77 bits per heavy atom. The first-order valence-electron chi connectivity index (χ1n) is 10.2. The van der Waals surface area contributed by atoms with Gasteiger partial charge in [0.25, 0.3) is 5.56 Å². The zero-order valence-corrected chi connectivity index (χ0v) is 17.4. The van der Waals surface area contributed by atoms with Crippen LogP contribution in [-0.4, -0.2) is 28.7 Å². The summed E-state index contributed by atoms with van der Waals surface area (Å²) in [7, 11) is 0. The molecule has 0 unspecified atom stereocenters. The lowest BCUT2D eigenvalue weighted by Gasteiger charge is -2.16. The van der Waals surface area contributed by atoms with E-state index >= 15 is 0 Å². The van der Waals surface area contributed by atoms with Crippen molar-refractivity contribution >= 4 is 22.7 Å². The highest BCUT2D eigenvalue weighted by molar-refractivity contribution is 5.99. The molecule has 0 atom stereocenters. The Labute approximate surface area is 175 Å². The molecule has 158 valence electrons. The molecule has 0 bridgehead atoms. The third-order valence-corrected chi connectivity index (χ3v) is 4.78. The molecule has 2 aromatic heterocycles. The highest BCUT2D eigenvalue weighted by Crippen LogP contribution is 2.33. The predicted molar refractivity (Wildman–Crippen MR) is 118 cm³/mol. The first kappa shape index (κ1) is 21.4. The maximum Gasteiger partial charge on any atom is 0.302 e. The Balaban J connectivity index is 1.94. The number of anilines is 1. The van der Waals surface area contributed by atoms with Crippen molar-refractivity contribution in [3.05, 3.63) is 52.9 Å². The lowest BCUT2D eigenvalue weighted by Crippen LogP contribution is -2.25. The van der Waals surface area contributed by atoms with Gasteiger partial charge in [0.15, 0.2) is 0 Å². The molecule has 30 heavy (non-hydrogen) atoms. The van der Waals surface area contributed by atoms with Crippen LogP contribution in [0, 0.1) is 0 Å². The summed E-state index contributed by atoms with van der Waals surface area (Å²) in [5.41, 5.74) is 8.40.